The monoisotopic (exact) mass is 359 g/mol. The molecule has 1 nitrogen and oxygen atoms in total. The summed E-state index contributed by atoms with van der Waals surface area (Å²) in [6.07, 6.45) is 6.60. The summed E-state index contributed by atoms with van der Waals surface area (Å²) in [5, 5.41) is 3.19. The summed E-state index contributed by atoms with van der Waals surface area (Å²) in [5.41, 5.74) is 6.30. The number of fused-ring (bicyclic) bond motifs is 1. The van der Waals surface area contributed by atoms with Crippen molar-refractivity contribution in [3.05, 3.63) is 68.8 Å². The van der Waals surface area contributed by atoms with E-state index in [4.69, 9.17) is 0 Å². The van der Waals surface area contributed by atoms with E-state index in [9.17, 15) is 0 Å². The van der Waals surface area contributed by atoms with Gasteiger partial charge in [0.2, 0.25) is 0 Å². The fourth-order valence-electron chi connectivity index (χ4n) is 2.30. The standard InChI is InChI=1S/C17H14IN/c1-19-17-9-6-12(11-16(17)18)10-14-8-7-13-4-2-3-5-15(13)14/h2-11,19H,1H3/b14-10-. The molecule has 0 saturated carbocycles. The molecule has 1 aliphatic rings. The molecule has 0 aromatic heterocycles. The van der Waals surface area contributed by atoms with Crippen LogP contribution in [0.15, 0.2) is 48.5 Å². The third-order valence-electron chi connectivity index (χ3n) is 3.30. The van der Waals surface area contributed by atoms with Gasteiger partial charge in [0.1, 0.15) is 0 Å². The number of halogens is 1. The van der Waals surface area contributed by atoms with E-state index < -0.39 is 0 Å². The number of anilines is 1. The maximum atomic E-state index is 3.19. The van der Waals surface area contributed by atoms with Gasteiger partial charge in [-0.25, -0.2) is 0 Å². The fraction of sp³-hybridized carbons (Fsp3) is 0.0588. The first kappa shape index (κ1) is 12.5. The molecule has 94 valence electrons. The largest absolute Gasteiger partial charge is 0.387 e. The highest BCUT2D eigenvalue weighted by atomic mass is 127. The Labute approximate surface area is 127 Å². The first-order valence-electron chi connectivity index (χ1n) is 6.24. The van der Waals surface area contributed by atoms with Gasteiger partial charge in [0.05, 0.1) is 0 Å². The maximum Gasteiger partial charge on any atom is 0.0473 e. The van der Waals surface area contributed by atoms with E-state index in [1.165, 1.54) is 31.5 Å². The molecule has 0 unspecified atom stereocenters. The van der Waals surface area contributed by atoms with E-state index in [0.29, 0.717) is 0 Å². The molecule has 0 bridgehead atoms. The first-order valence-corrected chi connectivity index (χ1v) is 7.32. The highest BCUT2D eigenvalue weighted by Crippen LogP contribution is 2.31. The molecule has 1 N–H and O–H groups in total. The summed E-state index contributed by atoms with van der Waals surface area (Å²) in [6.45, 7) is 0. The lowest BCUT2D eigenvalue weighted by molar-refractivity contribution is 1.47. The zero-order valence-electron chi connectivity index (χ0n) is 10.7. The van der Waals surface area contributed by atoms with Crippen molar-refractivity contribution < 1.29 is 0 Å². The summed E-state index contributed by atoms with van der Waals surface area (Å²) in [6, 6.07) is 15.0. The maximum absolute atomic E-state index is 3.19. The van der Waals surface area contributed by atoms with Crippen molar-refractivity contribution in [2.45, 2.75) is 0 Å². The summed E-state index contributed by atoms with van der Waals surface area (Å²) < 4.78 is 1.24. The molecular weight excluding hydrogens is 345 g/mol. The Morgan fingerprint density at radius 3 is 2.68 bits per heavy atom. The number of benzene rings is 2. The molecule has 2 aromatic rings. The zero-order chi connectivity index (χ0) is 13.2. The molecule has 0 saturated heterocycles. The van der Waals surface area contributed by atoms with Crippen LogP contribution < -0.4 is 5.32 Å². The topological polar surface area (TPSA) is 12.0 Å². The Kier molecular flexibility index (Phi) is 3.42. The molecule has 3 rings (SSSR count). The molecule has 0 aliphatic heterocycles. The Bertz CT molecular complexity index is 683. The van der Waals surface area contributed by atoms with Gasteiger partial charge >= 0.3 is 0 Å². The van der Waals surface area contributed by atoms with Crippen molar-refractivity contribution in [2.24, 2.45) is 0 Å². The fourth-order valence-corrected chi connectivity index (χ4v) is 3.11. The lowest BCUT2D eigenvalue weighted by Gasteiger charge is -2.05. The third kappa shape index (κ3) is 2.45. The molecule has 0 heterocycles. The van der Waals surface area contributed by atoms with Gasteiger partial charge in [-0.15, -0.1) is 0 Å². The van der Waals surface area contributed by atoms with Crippen LogP contribution >= 0.6 is 22.6 Å². The molecule has 0 amide bonds. The lowest BCUT2D eigenvalue weighted by Crippen LogP contribution is -1.91. The summed E-state index contributed by atoms with van der Waals surface area (Å²) in [5.74, 6) is 0. The second kappa shape index (κ2) is 5.21. The van der Waals surface area contributed by atoms with Crippen molar-refractivity contribution in [2.75, 3.05) is 12.4 Å². The molecule has 2 heteroatoms. The van der Waals surface area contributed by atoms with E-state index in [1.807, 2.05) is 7.05 Å². The number of hydrogen-bond acceptors (Lipinski definition) is 1. The van der Waals surface area contributed by atoms with Gasteiger partial charge in [-0.05, 0) is 63.1 Å². The van der Waals surface area contributed by atoms with Crippen LogP contribution in [-0.4, -0.2) is 7.05 Å². The molecule has 0 fully saturated rings. The summed E-state index contributed by atoms with van der Waals surface area (Å²) >= 11 is 2.36. The van der Waals surface area contributed by atoms with E-state index in [2.05, 4.69) is 88.6 Å². The molecular formula is C17H14IN. The molecule has 1 aliphatic carbocycles. The van der Waals surface area contributed by atoms with E-state index >= 15 is 0 Å². The van der Waals surface area contributed by atoms with Crippen LogP contribution in [0.2, 0.25) is 0 Å². The minimum Gasteiger partial charge on any atom is -0.387 e. The molecule has 0 radical (unpaired) electrons. The normalized spacial score (nSPS) is 14.7. The van der Waals surface area contributed by atoms with Gasteiger partial charge in [0.25, 0.3) is 0 Å². The second-order valence-corrected chi connectivity index (χ2v) is 5.67. The minimum absolute atomic E-state index is 1.17. The van der Waals surface area contributed by atoms with Gasteiger partial charge < -0.3 is 5.32 Å². The summed E-state index contributed by atoms with van der Waals surface area (Å²) in [7, 11) is 1.95. The molecule has 19 heavy (non-hydrogen) atoms. The van der Waals surface area contributed by atoms with Crippen molar-refractivity contribution in [3.63, 3.8) is 0 Å². The van der Waals surface area contributed by atoms with Crippen LogP contribution in [0.3, 0.4) is 0 Å². The Hall–Kier alpha value is -1.55. The predicted molar refractivity (Wildman–Crippen MR) is 92.1 cm³/mol. The average molecular weight is 359 g/mol. The number of allylic oxidation sites excluding steroid dienone is 2. The Morgan fingerprint density at radius 1 is 1.05 bits per heavy atom. The third-order valence-corrected chi connectivity index (χ3v) is 4.19. The van der Waals surface area contributed by atoms with Crippen LogP contribution in [0.25, 0.3) is 17.7 Å². The number of rotatable bonds is 2. The first-order chi connectivity index (χ1) is 9.28. The Balaban J connectivity index is 2.00. The van der Waals surface area contributed by atoms with Gasteiger partial charge in [-0.1, -0.05) is 42.5 Å². The van der Waals surface area contributed by atoms with E-state index in [1.54, 1.807) is 0 Å². The van der Waals surface area contributed by atoms with Gasteiger partial charge in [0.15, 0.2) is 0 Å². The predicted octanol–water partition coefficient (Wildman–Crippen LogP) is 4.90. The second-order valence-electron chi connectivity index (χ2n) is 4.51. The van der Waals surface area contributed by atoms with Crippen LogP contribution in [0.1, 0.15) is 16.7 Å². The average Bonchev–Trinajstić information content (AvgIpc) is 2.83. The SMILES string of the molecule is CNc1ccc(/C=C2/C=Cc3ccccc32)cc1I. The van der Waals surface area contributed by atoms with Gasteiger partial charge in [-0.2, -0.15) is 0 Å². The molecule has 0 spiro atoms. The molecule has 0 atom stereocenters. The number of hydrogen-bond donors (Lipinski definition) is 1. The van der Waals surface area contributed by atoms with Crippen molar-refractivity contribution in [3.8, 4) is 0 Å². The van der Waals surface area contributed by atoms with Crippen LogP contribution in [0.4, 0.5) is 5.69 Å². The Morgan fingerprint density at radius 2 is 1.89 bits per heavy atom. The van der Waals surface area contributed by atoms with Crippen molar-refractivity contribution in [1.29, 1.82) is 0 Å². The highest BCUT2D eigenvalue weighted by molar-refractivity contribution is 14.1. The van der Waals surface area contributed by atoms with Crippen LogP contribution in [-0.2, 0) is 0 Å². The van der Waals surface area contributed by atoms with Crippen molar-refractivity contribution in [1.82, 2.24) is 0 Å². The van der Waals surface area contributed by atoms with E-state index in [-0.39, 0.29) is 0 Å². The van der Waals surface area contributed by atoms with E-state index in [0.717, 1.165) is 0 Å². The molecule has 2 aromatic carbocycles. The van der Waals surface area contributed by atoms with Gasteiger partial charge in [0, 0.05) is 16.3 Å². The smallest absolute Gasteiger partial charge is 0.0473 e. The van der Waals surface area contributed by atoms with Gasteiger partial charge in [-0.3, -0.25) is 0 Å². The number of nitrogens with one attached hydrogen (secondary N) is 1. The van der Waals surface area contributed by atoms with Crippen LogP contribution in [0, 0.1) is 3.57 Å². The summed E-state index contributed by atoms with van der Waals surface area (Å²) in [4.78, 5) is 0. The van der Waals surface area contributed by atoms with Crippen molar-refractivity contribution >= 4 is 46.0 Å². The highest BCUT2D eigenvalue weighted by Gasteiger charge is 2.09. The van der Waals surface area contributed by atoms with Crippen LogP contribution in [0.5, 0.6) is 0 Å². The lowest BCUT2D eigenvalue weighted by atomic mass is 10.0. The quantitative estimate of drug-likeness (QED) is 0.752. The zero-order valence-corrected chi connectivity index (χ0v) is 12.8. The minimum atomic E-state index is 1.17.